The summed E-state index contributed by atoms with van der Waals surface area (Å²) in [5, 5.41) is 1.45. The van der Waals surface area contributed by atoms with Gasteiger partial charge in [0.05, 0.1) is 16.8 Å². The van der Waals surface area contributed by atoms with Crippen LogP contribution in [0.25, 0.3) is 0 Å². The van der Waals surface area contributed by atoms with E-state index in [2.05, 4.69) is 0 Å². The van der Waals surface area contributed by atoms with E-state index in [1.165, 1.54) is 6.20 Å². The Labute approximate surface area is 105 Å². The fourth-order valence-electron chi connectivity index (χ4n) is 1.38. The molecular formula is C11H11NO3S2. The highest BCUT2D eigenvalue weighted by atomic mass is 32.2. The van der Waals surface area contributed by atoms with Gasteiger partial charge in [-0.1, -0.05) is 18.2 Å². The largest absolute Gasteiger partial charge is 0.469 e. The first-order chi connectivity index (χ1) is 8.09. The fraction of sp³-hybridized carbons (Fsp3) is 0.182. The molecule has 0 aromatic heterocycles. The van der Waals surface area contributed by atoms with Gasteiger partial charge in [0.25, 0.3) is 5.17 Å². The summed E-state index contributed by atoms with van der Waals surface area (Å²) in [4.78, 5) is 1.86. The van der Waals surface area contributed by atoms with Gasteiger partial charge in [-0.05, 0) is 24.4 Å². The van der Waals surface area contributed by atoms with Crippen LogP contribution >= 0.6 is 12.2 Å². The highest BCUT2D eigenvalue weighted by Crippen LogP contribution is 2.12. The Morgan fingerprint density at radius 2 is 2.00 bits per heavy atom. The van der Waals surface area contributed by atoms with Crippen LogP contribution in [0.2, 0.25) is 0 Å². The zero-order valence-electron chi connectivity index (χ0n) is 8.94. The Morgan fingerprint density at radius 1 is 1.29 bits per heavy atom. The number of hydrogen-bond donors (Lipinski definition) is 0. The van der Waals surface area contributed by atoms with Gasteiger partial charge in [0, 0.05) is 6.20 Å². The Hall–Kier alpha value is -1.40. The summed E-state index contributed by atoms with van der Waals surface area (Å²) >= 11 is 4.90. The Kier molecular flexibility index (Phi) is 3.44. The van der Waals surface area contributed by atoms with Crippen LogP contribution in [0, 0.1) is 0 Å². The van der Waals surface area contributed by atoms with E-state index in [9.17, 15) is 8.42 Å². The van der Waals surface area contributed by atoms with E-state index < -0.39 is 9.84 Å². The number of rotatable bonds is 3. The lowest BCUT2D eigenvalue weighted by Gasteiger charge is -2.07. The Morgan fingerprint density at radius 3 is 2.59 bits per heavy atom. The Balaban J connectivity index is 2.18. The smallest absolute Gasteiger partial charge is 0.263 e. The van der Waals surface area contributed by atoms with Crippen LogP contribution in [0.1, 0.15) is 0 Å². The molecule has 1 aliphatic heterocycles. The second-order valence-corrected chi connectivity index (χ2v) is 5.63. The van der Waals surface area contributed by atoms with Crippen LogP contribution in [0.3, 0.4) is 0 Å². The zero-order chi connectivity index (χ0) is 12.3. The fourth-order valence-corrected chi connectivity index (χ4v) is 2.62. The van der Waals surface area contributed by atoms with Crippen molar-refractivity contribution in [1.29, 1.82) is 0 Å². The lowest BCUT2D eigenvalue weighted by Crippen LogP contribution is -2.17. The van der Waals surface area contributed by atoms with Gasteiger partial charge < -0.3 is 9.64 Å². The maximum Gasteiger partial charge on any atom is 0.263 e. The first kappa shape index (κ1) is 12.1. The number of ether oxygens (including phenoxy) is 1. The number of nitrogens with zero attached hydrogens (tertiary/aromatic N) is 1. The summed E-state index contributed by atoms with van der Waals surface area (Å²) in [6, 6.07) is 8.25. The molecule has 1 aromatic carbocycles. The molecule has 1 aromatic rings. The molecule has 0 aliphatic carbocycles. The van der Waals surface area contributed by atoms with E-state index in [0.29, 0.717) is 18.3 Å². The van der Waals surface area contributed by atoms with Gasteiger partial charge in [-0.15, -0.1) is 0 Å². The minimum Gasteiger partial charge on any atom is -0.469 e. The average Bonchev–Trinajstić information content (AvgIpc) is 2.74. The summed E-state index contributed by atoms with van der Waals surface area (Å²) in [5.74, 6) is 0. The average molecular weight is 269 g/mol. The number of thiocarbonyl (C=S) groups is 1. The molecule has 1 saturated heterocycles. The molecule has 0 amide bonds. The zero-order valence-corrected chi connectivity index (χ0v) is 10.6. The molecule has 1 fully saturated rings. The first-order valence-corrected chi connectivity index (χ1v) is 6.97. The highest BCUT2D eigenvalue weighted by Gasteiger charge is 2.17. The van der Waals surface area contributed by atoms with Crippen LogP contribution in [0.15, 0.2) is 46.8 Å². The minimum absolute atomic E-state index is 0.266. The van der Waals surface area contributed by atoms with Gasteiger partial charge in [-0.2, -0.15) is 0 Å². The summed E-state index contributed by atoms with van der Waals surface area (Å²) in [6.07, 6.45) is 1.44. The Bertz CT molecular complexity index is 537. The standard InChI is InChI=1S/C11H11NO3S2/c13-17(14,10-4-2-1-3-5-10)9-7-12-6-8-15-11(12)16/h1-5,7,9H,6,8H2/b9-7+. The molecule has 1 aliphatic rings. The molecule has 0 bridgehead atoms. The molecule has 0 radical (unpaired) electrons. The molecule has 0 spiro atoms. The van der Waals surface area contributed by atoms with Crippen molar-refractivity contribution in [2.45, 2.75) is 4.90 Å². The van der Waals surface area contributed by atoms with Gasteiger partial charge in [0.1, 0.15) is 6.61 Å². The summed E-state index contributed by atoms with van der Waals surface area (Å²) in [5.41, 5.74) is 0. The molecule has 0 N–H and O–H groups in total. The van der Waals surface area contributed by atoms with Crippen molar-refractivity contribution in [3.05, 3.63) is 41.9 Å². The van der Waals surface area contributed by atoms with Crippen molar-refractivity contribution in [3.63, 3.8) is 0 Å². The van der Waals surface area contributed by atoms with Crippen molar-refractivity contribution in [1.82, 2.24) is 4.90 Å². The van der Waals surface area contributed by atoms with Crippen molar-refractivity contribution in [2.75, 3.05) is 13.2 Å². The lowest BCUT2D eigenvalue weighted by atomic mass is 10.4. The van der Waals surface area contributed by atoms with E-state index in [0.717, 1.165) is 5.41 Å². The molecule has 17 heavy (non-hydrogen) atoms. The van der Waals surface area contributed by atoms with Gasteiger partial charge in [-0.25, -0.2) is 8.42 Å². The first-order valence-electron chi connectivity index (χ1n) is 5.01. The van der Waals surface area contributed by atoms with E-state index in [-0.39, 0.29) is 4.90 Å². The number of sulfone groups is 1. The third kappa shape index (κ3) is 2.83. The predicted molar refractivity (Wildman–Crippen MR) is 68.0 cm³/mol. The quantitative estimate of drug-likeness (QED) is 0.779. The van der Waals surface area contributed by atoms with Crippen LogP contribution in [-0.4, -0.2) is 31.6 Å². The summed E-state index contributed by atoms with van der Waals surface area (Å²) in [6.45, 7) is 1.08. The number of hydrogen-bond acceptors (Lipinski definition) is 4. The molecule has 0 saturated carbocycles. The molecule has 2 rings (SSSR count). The topological polar surface area (TPSA) is 46.6 Å². The predicted octanol–water partition coefficient (Wildman–Crippen LogP) is 1.55. The summed E-state index contributed by atoms with van der Waals surface area (Å²) in [7, 11) is -3.41. The highest BCUT2D eigenvalue weighted by molar-refractivity contribution is 7.94. The van der Waals surface area contributed by atoms with E-state index >= 15 is 0 Å². The van der Waals surface area contributed by atoms with E-state index in [1.54, 1.807) is 35.2 Å². The van der Waals surface area contributed by atoms with Crippen LogP contribution in [-0.2, 0) is 14.6 Å². The normalized spacial score (nSPS) is 16.5. The van der Waals surface area contributed by atoms with Crippen molar-refractivity contribution in [3.8, 4) is 0 Å². The molecule has 0 atom stereocenters. The lowest BCUT2D eigenvalue weighted by molar-refractivity contribution is 0.361. The van der Waals surface area contributed by atoms with Crippen LogP contribution in [0.4, 0.5) is 0 Å². The van der Waals surface area contributed by atoms with Gasteiger partial charge in [-0.3, -0.25) is 0 Å². The van der Waals surface area contributed by atoms with Crippen LogP contribution < -0.4 is 0 Å². The number of benzene rings is 1. The van der Waals surface area contributed by atoms with E-state index in [4.69, 9.17) is 17.0 Å². The van der Waals surface area contributed by atoms with Crippen molar-refractivity contribution in [2.24, 2.45) is 0 Å². The third-order valence-electron chi connectivity index (χ3n) is 2.28. The molecule has 1 heterocycles. The molecule has 4 nitrogen and oxygen atoms in total. The maximum absolute atomic E-state index is 11.9. The SMILES string of the molecule is O=S(=O)(/C=C/N1CCOC1=S)c1ccccc1. The summed E-state index contributed by atoms with van der Waals surface area (Å²) < 4.78 is 28.8. The van der Waals surface area contributed by atoms with Crippen LogP contribution in [0.5, 0.6) is 0 Å². The van der Waals surface area contributed by atoms with Gasteiger partial charge in [0.2, 0.25) is 9.84 Å². The van der Waals surface area contributed by atoms with Crippen molar-refractivity contribution >= 4 is 27.2 Å². The van der Waals surface area contributed by atoms with Gasteiger partial charge in [0.15, 0.2) is 0 Å². The second kappa shape index (κ2) is 4.85. The van der Waals surface area contributed by atoms with Crippen molar-refractivity contribution < 1.29 is 13.2 Å². The third-order valence-corrected chi connectivity index (χ3v) is 4.05. The molecular weight excluding hydrogens is 258 g/mol. The molecule has 6 heteroatoms. The molecule has 0 unspecified atom stereocenters. The second-order valence-electron chi connectivity index (χ2n) is 3.45. The minimum atomic E-state index is -3.41. The van der Waals surface area contributed by atoms with Gasteiger partial charge >= 0.3 is 0 Å². The monoisotopic (exact) mass is 269 g/mol. The maximum atomic E-state index is 11.9. The molecule has 90 valence electrons. The van der Waals surface area contributed by atoms with E-state index in [1.807, 2.05) is 0 Å².